The number of anilines is 1. The predicted molar refractivity (Wildman–Crippen MR) is 83.5 cm³/mol. The number of hydrogen-bond donors (Lipinski definition) is 0. The van der Waals surface area contributed by atoms with Gasteiger partial charge in [-0.3, -0.25) is 14.1 Å². The summed E-state index contributed by atoms with van der Waals surface area (Å²) in [5, 5.41) is 0. The standard InChI is InChI=1S/C16H16N2O3S/c1-12-6-8-13(9-7-12)22(20,21)18-11-3-5-15(19)16-14(18)4-2-10-17-16/h2,4,6-10H,3,5,11H2,1H3. The van der Waals surface area contributed by atoms with E-state index in [9.17, 15) is 13.2 Å². The molecule has 0 aliphatic carbocycles. The molecule has 0 amide bonds. The lowest BCUT2D eigenvalue weighted by Crippen LogP contribution is -2.32. The van der Waals surface area contributed by atoms with Crippen LogP contribution in [0.2, 0.25) is 0 Å². The van der Waals surface area contributed by atoms with Crippen LogP contribution >= 0.6 is 0 Å². The average Bonchev–Trinajstić information content (AvgIpc) is 2.68. The van der Waals surface area contributed by atoms with Gasteiger partial charge in [0.1, 0.15) is 5.69 Å². The fourth-order valence-corrected chi connectivity index (χ4v) is 4.03. The number of carbonyl (C=O) groups excluding carboxylic acids is 1. The quantitative estimate of drug-likeness (QED) is 0.854. The Bertz CT molecular complexity index is 814. The number of aryl methyl sites for hydroxylation is 1. The van der Waals surface area contributed by atoms with Crippen molar-refractivity contribution in [2.45, 2.75) is 24.7 Å². The molecule has 1 aliphatic rings. The molecule has 0 fully saturated rings. The summed E-state index contributed by atoms with van der Waals surface area (Å²) in [6.45, 7) is 2.18. The summed E-state index contributed by atoms with van der Waals surface area (Å²) in [6, 6.07) is 9.99. The highest BCUT2D eigenvalue weighted by Gasteiger charge is 2.30. The van der Waals surface area contributed by atoms with E-state index in [0.29, 0.717) is 18.5 Å². The van der Waals surface area contributed by atoms with Gasteiger partial charge in [-0.05, 0) is 37.6 Å². The van der Waals surface area contributed by atoms with Crippen molar-refractivity contribution in [3.05, 3.63) is 53.9 Å². The molecule has 5 nitrogen and oxygen atoms in total. The van der Waals surface area contributed by atoms with Crippen LogP contribution in [0.4, 0.5) is 5.69 Å². The largest absolute Gasteiger partial charge is 0.292 e. The third-order valence-electron chi connectivity index (χ3n) is 3.69. The maximum absolute atomic E-state index is 12.9. The Balaban J connectivity index is 2.12. The Labute approximate surface area is 129 Å². The summed E-state index contributed by atoms with van der Waals surface area (Å²) in [5.74, 6) is -0.114. The molecular weight excluding hydrogens is 300 g/mol. The van der Waals surface area contributed by atoms with E-state index >= 15 is 0 Å². The van der Waals surface area contributed by atoms with Crippen LogP contribution in [0.3, 0.4) is 0 Å². The van der Waals surface area contributed by atoms with Crippen LogP contribution in [0.15, 0.2) is 47.5 Å². The van der Waals surface area contributed by atoms with Crippen LogP contribution in [0.25, 0.3) is 0 Å². The lowest BCUT2D eigenvalue weighted by molar-refractivity contribution is 0.0979. The zero-order chi connectivity index (χ0) is 15.7. The third kappa shape index (κ3) is 2.50. The number of nitrogens with zero attached hydrogens (tertiary/aromatic N) is 2. The first-order valence-electron chi connectivity index (χ1n) is 7.08. The molecule has 2 aromatic rings. The van der Waals surface area contributed by atoms with Gasteiger partial charge in [-0.15, -0.1) is 0 Å². The van der Waals surface area contributed by atoms with Crippen LogP contribution in [0.1, 0.15) is 28.9 Å². The van der Waals surface area contributed by atoms with E-state index in [1.165, 1.54) is 10.5 Å². The second kappa shape index (κ2) is 5.53. The van der Waals surface area contributed by atoms with Gasteiger partial charge in [0.15, 0.2) is 5.78 Å². The minimum Gasteiger partial charge on any atom is -0.292 e. The Kier molecular flexibility index (Phi) is 3.70. The molecule has 0 atom stereocenters. The van der Waals surface area contributed by atoms with Crippen molar-refractivity contribution in [2.75, 3.05) is 10.8 Å². The molecule has 2 heterocycles. The SMILES string of the molecule is Cc1ccc(S(=O)(=O)N2CCCC(=O)c3ncccc32)cc1. The van der Waals surface area contributed by atoms with Crippen molar-refractivity contribution in [1.29, 1.82) is 0 Å². The Hall–Kier alpha value is -2.21. The first-order chi connectivity index (χ1) is 10.5. The van der Waals surface area contributed by atoms with E-state index in [0.717, 1.165) is 5.56 Å². The lowest BCUT2D eigenvalue weighted by atomic mass is 10.1. The van der Waals surface area contributed by atoms with Crippen molar-refractivity contribution in [3.63, 3.8) is 0 Å². The van der Waals surface area contributed by atoms with Gasteiger partial charge < -0.3 is 0 Å². The van der Waals surface area contributed by atoms with Crippen molar-refractivity contribution in [2.24, 2.45) is 0 Å². The average molecular weight is 316 g/mol. The summed E-state index contributed by atoms with van der Waals surface area (Å²) >= 11 is 0. The highest BCUT2D eigenvalue weighted by molar-refractivity contribution is 7.92. The molecule has 0 saturated carbocycles. The summed E-state index contributed by atoms with van der Waals surface area (Å²) < 4.78 is 27.1. The highest BCUT2D eigenvalue weighted by atomic mass is 32.2. The number of carbonyl (C=O) groups is 1. The van der Waals surface area contributed by atoms with E-state index in [1.807, 2.05) is 6.92 Å². The topological polar surface area (TPSA) is 67.3 Å². The number of pyridine rings is 1. The van der Waals surface area contributed by atoms with Crippen molar-refractivity contribution in [1.82, 2.24) is 4.98 Å². The van der Waals surface area contributed by atoms with Gasteiger partial charge in [-0.1, -0.05) is 17.7 Å². The number of aromatic nitrogens is 1. The fourth-order valence-electron chi connectivity index (χ4n) is 2.52. The second-order valence-electron chi connectivity index (χ2n) is 5.29. The summed E-state index contributed by atoms with van der Waals surface area (Å²) in [7, 11) is -3.70. The van der Waals surface area contributed by atoms with E-state index in [2.05, 4.69) is 4.98 Å². The number of Topliss-reactive ketones (excluding diaryl/α,β-unsaturated/α-hetero) is 1. The number of benzene rings is 1. The summed E-state index contributed by atoms with van der Waals surface area (Å²) in [4.78, 5) is 16.4. The van der Waals surface area contributed by atoms with Crippen molar-refractivity contribution < 1.29 is 13.2 Å². The third-order valence-corrected chi connectivity index (χ3v) is 5.52. The Morgan fingerprint density at radius 1 is 1.14 bits per heavy atom. The van der Waals surface area contributed by atoms with Crippen molar-refractivity contribution in [3.8, 4) is 0 Å². The molecule has 1 aromatic carbocycles. The molecule has 6 heteroatoms. The smallest absolute Gasteiger partial charge is 0.264 e. The van der Waals surface area contributed by atoms with Gasteiger partial charge in [0.05, 0.1) is 10.6 Å². The number of ketones is 1. The van der Waals surface area contributed by atoms with Crippen LogP contribution in [0, 0.1) is 6.92 Å². The Morgan fingerprint density at radius 3 is 2.59 bits per heavy atom. The molecule has 0 N–H and O–H groups in total. The molecule has 1 aliphatic heterocycles. The fraction of sp³-hybridized carbons (Fsp3) is 0.250. The highest BCUT2D eigenvalue weighted by Crippen LogP contribution is 2.29. The number of sulfonamides is 1. The number of fused-ring (bicyclic) bond motifs is 1. The van der Waals surface area contributed by atoms with Crippen LogP contribution in [0.5, 0.6) is 0 Å². The van der Waals surface area contributed by atoms with Crippen LogP contribution < -0.4 is 4.31 Å². The van der Waals surface area contributed by atoms with Crippen LogP contribution in [-0.4, -0.2) is 25.7 Å². The molecule has 0 spiro atoms. The molecule has 0 radical (unpaired) electrons. The van der Waals surface area contributed by atoms with Gasteiger partial charge in [0.25, 0.3) is 10.0 Å². The molecule has 0 bridgehead atoms. The van der Waals surface area contributed by atoms with Gasteiger partial charge in [-0.25, -0.2) is 8.42 Å². The second-order valence-corrected chi connectivity index (χ2v) is 7.15. The maximum atomic E-state index is 12.9. The zero-order valence-electron chi connectivity index (χ0n) is 12.2. The summed E-state index contributed by atoms with van der Waals surface area (Å²) in [5.41, 5.74) is 1.59. The first kappa shape index (κ1) is 14.7. The van der Waals surface area contributed by atoms with Gasteiger partial charge in [0, 0.05) is 19.2 Å². The molecule has 0 saturated heterocycles. The molecular formula is C16H16N2O3S. The van der Waals surface area contributed by atoms with Gasteiger partial charge >= 0.3 is 0 Å². The number of rotatable bonds is 2. The van der Waals surface area contributed by atoms with Gasteiger partial charge in [-0.2, -0.15) is 0 Å². The molecule has 22 heavy (non-hydrogen) atoms. The van der Waals surface area contributed by atoms with Gasteiger partial charge in [0.2, 0.25) is 0 Å². The predicted octanol–water partition coefficient (Wildman–Crippen LogP) is 2.56. The van der Waals surface area contributed by atoms with E-state index < -0.39 is 10.0 Å². The monoisotopic (exact) mass is 316 g/mol. The zero-order valence-corrected chi connectivity index (χ0v) is 13.0. The first-order valence-corrected chi connectivity index (χ1v) is 8.52. The lowest BCUT2D eigenvalue weighted by Gasteiger charge is -2.23. The molecule has 3 rings (SSSR count). The minimum absolute atomic E-state index is 0.114. The normalized spacial score (nSPS) is 15.3. The molecule has 1 aromatic heterocycles. The maximum Gasteiger partial charge on any atom is 0.264 e. The van der Waals surface area contributed by atoms with E-state index in [1.54, 1.807) is 36.4 Å². The van der Waals surface area contributed by atoms with Crippen molar-refractivity contribution >= 4 is 21.5 Å². The molecule has 114 valence electrons. The number of hydrogen-bond acceptors (Lipinski definition) is 4. The van der Waals surface area contributed by atoms with E-state index in [4.69, 9.17) is 0 Å². The summed E-state index contributed by atoms with van der Waals surface area (Å²) in [6.07, 6.45) is 2.31. The Morgan fingerprint density at radius 2 is 1.86 bits per heavy atom. The van der Waals surface area contributed by atoms with Crippen LogP contribution in [-0.2, 0) is 10.0 Å². The minimum atomic E-state index is -3.70. The van der Waals surface area contributed by atoms with E-state index in [-0.39, 0.29) is 22.9 Å². The molecule has 0 unspecified atom stereocenters.